The van der Waals surface area contributed by atoms with E-state index in [0.717, 1.165) is 23.3 Å². The van der Waals surface area contributed by atoms with E-state index in [4.69, 9.17) is 5.11 Å². The number of carboxylic acid groups (broad SMARTS) is 1. The summed E-state index contributed by atoms with van der Waals surface area (Å²) >= 11 is 1.44. The van der Waals surface area contributed by atoms with Crippen molar-refractivity contribution in [2.45, 2.75) is 58.8 Å². The number of thiophene rings is 1. The Kier molecular flexibility index (Phi) is 12.0. The standard InChI is InChI=1S/C16H22N2O3S.2Na.2H/c1-3-4-5-6-7-8-9-11-10(2)12-14(19)17-13(16(20)21)18-15(12)22-11;;;;/h3-9H2,1-2H3,(H,20,21)(H,17,18,19);;;;. The van der Waals surface area contributed by atoms with Gasteiger partial charge in [0.25, 0.3) is 5.56 Å². The van der Waals surface area contributed by atoms with Gasteiger partial charge in [0, 0.05) is 4.88 Å². The summed E-state index contributed by atoms with van der Waals surface area (Å²) < 4.78 is 0. The Morgan fingerprint density at radius 1 is 1.17 bits per heavy atom. The zero-order valence-electron chi connectivity index (χ0n) is 13.1. The summed E-state index contributed by atoms with van der Waals surface area (Å²) in [6.45, 7) is 4.12. The number of rotatable bonds is 8. The molecule has 0 bridgehead atoms. The molecular weight excluding hydrogens is 346 g/mol. The van der Waals surface area contributed by atoms with Crippen LogP contribution in [-0.4, -0.2) is 80.2 Å². The molecule has 5 nitrogen and oxygen atoms in total. The molecule has 24 heavy (non-hydrogen) atoms. The van der Waals surface area contributed by atoms with Crippen LogP contribution in [0.15, 0.2) is 4.79 Å². The van der Waals surface area contributed by atoms with Crippen LogP contribution in [0.3, 0.4) is 0 Å². The molecule has 2 heterocycles. The van der Waals surface area contributed by atoms with Crippen LogP contribution < -0.4 is 5.56 Å². The van der Waals surface area contributed by atoms with Crippen LogP contribution in [0.2, 0.25) is 0 Å². The predicted molar refractivity (Wildman–Crippen MR) is 103 cm³/mol. The fourth-order valence-corrected chi connectivity index (χ4v) is 3.82. The molecule has 0 amide bonds. The van der Waals surface area contributed by atoms with Gasteiger partial charge in [0.05, 0.1) is 5.39 Å². The maximum atomic E-state index is 12.0. The Labute approximate surface area is 190 Å². The van der Waals surface area contributed by atoms with Gasteiger partial charge in [-0.2, -0.15) is 0 Å². The van der Waals surface area contributed by atoms with Crippen molar-refractivity contribution < 1.29 is 9.90 Å². The number of nitrogens with zero attached hydrogens (tertiary/aromatic N) is 1. The van der Waals surface area contributed by atoms with Crippen molar-refractivity contribution in [2.75, 3.05) is 0 Å². The molecule has 2 aromatic heterocycles. The van der Waals surface area contributed by atoms with Gasteiger partial charge in [-0.15, -0.1) is 11.3 Å². The number of aryl methyl sites for hydroxylation is 2. The van der Waals surface area contributed by atoms with Crippen molar-refractivity contribution in [1.29, 1.82) is 0 Å². The van der Waals surface area contributed by atoms with Gasteiger partial charge in [-0.05, 0) is 25.3 Å². The maximum absolute atomic E-state index is 12.0. The SMILES string of the molecule is CCCCCCCCc1sc2nc(C(=O)O)[nH]c(=O)c2c1C.[NaH].[NaH]. The zero-order valence-corrected chi connectivity index (χ0v) is 13.9. The van der Waals surface area contributed by atoms with Crippen molar-refractivity contribution >= 4 is 86.6 Å². The first-order valence-electron chi connectivity index (χ1n) is 7.80. The van der Waals surface area contributed by atoms with Crippen molar-refractivity contribution in [2.24, 2.45) is 0 Å². The van der Waals surface area contributed by atoms with Crippen molar-refractivity contribution in [1.82, 2.24) is 9.97 Å². The number of hydrogen-bond donors (Lipinski definition) is 2. The molecule has 0 saturated heterocycles. The summed E-state index contributed by atoms with van der Waals surface area (Å²) in [6.07, 6.45) is 8.29. The van der Waals surface area contributed by atoms with E-state index in [2.05, 4.69) is 16.9 Å². The van der Waals surface area contributed by atoms with E-state index in [0.29, 0.717) is 10.2 Å². The van der Waals surface area contributed by atoms with Gasteiger partial charge in [-0.3, -0.25) is 4.79 Å². The fraction of sp³-hybridized carbons (Fsp3) is 0.562. The Bertz CT molecular complexity index is 728. The number of carbonyl (C=O) groups is 1. The number of fused-ring (bicyclic) bond motifs is 1. The molecule has 0 fully saturated rings. The Hall–Kier alpha value is 0.310. The third-order valence-electron chi connectivity index (χ3n) is 3.86. The first-order chi connectivity index (χ1) is 10.5. The number of aromatic carboxylic acids is 1. The Morgan fingerprint density at radius 2 is 1.79 bits per heavy atom. The molecule has 0 atom stereocenters. The first-order valence-corrected chi connectivity index (χ1v) is 8.61. The first kappa shape index (κ1) is 24.3. The molecule has 2 aromatic rings. The molecule has 2 rings (SSSR count). The number of H-pyrrole nitrogens is 1. The van der Waals surface area contributed by atoms with E-state index in [1.165, 1.54) is 43.4 Å². The van der Waals surface area contributed by atoms with Crippen LogP contribution in [0.4, 0.5) is 0 Å². The van der Waals surface area contributed by atoms with Crippen LogP contribution in [0, 0.1) is 6.92 Å². The summed E-state index contributed by atoms with van der Waals surface area (Å²) in [4.78, 5) is 31.0. The van der Waals surface area contributed by atoms with Crippen LogP contribution in [0.5, 0.6) is 0 Å². The second kappa shape index (κ2) is 11.8. The molecule has 8 heteroatoms. The fourth-order valence-electron chi connectivity index (χ4n) is 2.60. The van der Waals surface area contributed by atoms with Crippen LogP contribution in [0.1, 0.15) is 66.5 Å². The normalized spacial score (nSPS) is 10.2. The number of aromatic nitrogens is 2. The third-order valence-corrected chi connectivity index (χ3v) is 5.10. The topological polar surface area (TPSA) is 83.0 Å². The quantitative estimate of drug-likeness (QED) is 0.553. The average molecular weight is 370 g/mol. The second-order valence-corrected chi connectivity index (χ2v) is 6.65. The van der Waals surface area contributed by atoms with Crippen molar-refractivity contribution in [3.05, 3.63) is 26.6 Å². The zero-order chi connectivity index (χ0) is 16.1. The number of hydrogen-bond acceptors (Lipinski definition) is 4. The molecule has 124 valence electrons. The Balaban J connectivity index is 0.00000264. The van der Waals surface area contributed by atoms with Gasteiger partial charge in [-0.25, -0.2) is 9.78 Å². The molecule has 0 saturated carbocycles. The van der Waals surface area contributed by atoms with E-state index in [1.807, 2.05) is 6.92 Å². The summed E-state index contributed by atoms with van der Waals surface area (Å²) in [7, 11) is 0. The van der Waals surface area contributed by atoms with Gasteiger partial charge >= 0.3 is 65.1 Å². The number of unbranched alkanes of at least 4 members (excludes halogenated alkanes) is 5. The van der Waals surface area contributed by atoms with Gasteiger partial charge in [0.2, 0.25) is 5.82 Å². The second-order valence-electron chi connectivity index (χ2n) is 5.57. The van der Waals surface area contributed by atoms with Crippen LogP contribution >= 0.6 is 11.3 Å². The van der Waals surface area contributed by atoms with Crippen LogP contribution in [-0.2, 0) is 6.42 Å². The molecule has 0 aliphatic carbocycles. The number of aromatic amines is 1. The monoisotopic (exact) mass is 370 g/mol. The number of nitrogens with one attached hydrogen (secondary N) is 1. The molecule has 0 aliphatic rings. The predicted octanol–water partition coefficient (Wildman–Crippen LogP) is 2.60. The van der Waals surface area contributed by atoms with Gasteiger partial charge in [0.15, 0.2) is 0 Å². The Morgan fingerprint density at radius 3 is 2.42 bits per heavy atom. The summed E-state index contributed by atoms with van der Waals surface area (Å²) in [5.41, 5.74) is 0.588. The van der Waals surface area contributed by atoms with E-state index in [1.54, 1.807) is 0 Å². The summed E-state index contributed by atoms with van der Waals surface area (Å²) in [5, 5.41) is 9.50. The minimum absolute atomic E-state index is 0. The minimum atomic E-state index is -1.21. The van der Waals surface area contributed by atoms with Gasteiger partial charge in [-0.1, -0.05) is 39.0 Å². The average Bonchev–Trinajstić information content (AvgIpc) is 2.79. The molecule has 0 radical (unpaired) electrons. The van der Waals surface area contributed by atoms with Crippen LogP contribution in [0.25, 0.3) is 10.2 Å². The molecule has 0 unspecified atom stereocenters. The molecule has 0 spiro atoms. The van der Waals surface area contributed by atoms with E-state index >= 15 is 0 Å². The molecular formula is C16H24N2Na2O3S. The van der Waals surface area contributed by atoms with Crippen molar-refractivity contribution in [3.8, 4) is 0 Å². The van der Waals surface area contributed by atoms with E-state index < -0.39 is 5.97 Å². The molecule has 0 aliphatic heterocycles. The van der Waals surface area contributed by atoms with Crippen molar-refractivity contribution in [3.63, 3.8) is 0 Å². The van der Waals surface area contributed by atoms with Gasteiger partial charge in [0.1, 0.15) is 4.83 Å². The van der Waals surface area contributed by atoms with E-state index in [9.17, 15) is 9.59 Å². The summed E-state index contributed by atoms with van der Waals surface area (Å²) in [6, 6.07) is 0. The summed E-state index contributed by atoms with van der Waals surface area (Å²) in [5.74, 6) is -1.49. The number of carboxylic acids is 1. The molecule has 0 aromatic carbocycles. The molecule has 2 N–H and O–H groups in total. The third kappa shape index (κ3) is 6.24. The van der Waals surface area contributed by atoms with Gasteiger partial charge < -0.3 is 10.1 Å². The van der Waals surface area contributed by atoms with E-state index in [-0.39, 0.29) is 70.5 Å².